The van der Waals surface area contributed by atoms with Gasteiger partial charge in [0, 0.05) is 24.1 Å². The molecule has 0 aliphatic heterocycles. The Labute approximate surface area is 136 Å². The highest BCUT2D eigenvalue weighted by atomic mass is 16.5. The number of hydrogen-bond acceptors (Lipinski definition) is 6. The molecule has 7 heteroatoms. The fourth-order valence-corrected chi connectivity index (χ4v) is 2.46. The van der Waals surface area contributed by atoms with Crippen LogP contribution in [0.5, 0.6) is 0 Å². The van der Waals surface area contributed by atoms with Crippen LogP contribution in [0.25, 0.3) is 0 Å². The minimum absolute atomic E-state index is 0.0688. The zero-order chi connectivity index (χ0) is 17.0. The number of nitrogens with one attached hydrogen (secondary N) is 1. The molecule has 0 atom stereocenters. The van der Waals surface area contributed by atoms with E-state index in [0.717, 1.165) is 34.0 Å². The van der Waals surface area contributed by atoms with Crippen molar-refractivity contribution < 1.29 is 13.8 Å². The molecule has 0 saturated carbocycles. The van der Waals surface area contributed by atoms with Crippen molar-refractivity contribution in [2.45, 2.75) is 47.2 Å². The summed E-state index contributed by atoms with van der Waals surface area (Å²) in [6, 6.07) is 0. The lowest BCUT2D eigenvalue weighted by molar-refractivity contribution is -0.132. The second kappa shape index (κ2) is 7.41. The molecule has 0 saturated heterocycles. The molecule has 23 heavy (non-hydrogen) atoms. The Hall–Kier alpha value is -2.15. The number of amides is 1. The van der Waals surface area contributed by atoms with Crippen molar-refractivity contribution in [1.82, 2.24) is 20.5 Å². The molecular formula is C16H24N4O3. The summed E-state index contributed by atoms with van der Waals surface area (Å²) < 4.78 is 10.4. The third-order valence-corrected chi connectivity index (χ3v) is 4.00. The highest BCUT2D eigenvalue weighted by Gasteiger charge is 2.21. The quantitative estimate of drug-likeness (QED) is 0.840. The summed E-state index contributed by atoms with van der Waals surface area (Å²) in [6.45, 7) is 9.07. The van der Waals surface area contributed by atoms with Gasteiger partial charge in [0.25, 0.3) is 0 Å². The number of carbonyl (C=O) groups excluding carboxylic acids is 1. The van der Waals surface area contributed by atoms with Crippen LogP contribution in [0.2, 0.25) is 0 Å². The third kappa shape index (κ3) is 3.98. The molecule has 1 N–H and O–H groups in total. The molecule has 7 nitrogen and oxygen atoms in total. The topological polar surface area (TPSA) is 84.4 Å². The van der Waals surface area contributed by atoms with Gasteiger partial charge in [-0.1, -0.05) is 10.3 Å². The predicted octanol–water partition coefficient (Wildman–Crippen LogP) is 2.03. The molecule has 0 fully saturated rings. The molecule has 0 radical (unpaired) electrons. The van der Waals surface area contributed by atoms with Gasteiger partial charge in [-0.05, 0) is 34.7 Å². The van der Waals surface area contributed by atoms with Gasteiger partial charge < -0.3 is 19.3 Å². The summed E-state index contributed by atoms with van der Waals surface area (Å²) in [7, 11) is 1.83. The van der Waals surface area contributed by atoms with Crippen LogP contribution >= 0.6 is 0 Å². The number of carbonyl (C=O) groups is 1. The maximum absolute atomic E-state index is 12.6. The number of nitrogens with zero attached hydrogens (tertiary/aromatic N) is 3. The van der Waals surface area contributed by atoms with Crippen LogP contribution in [0.4, 0.5) is 0 Å². The average molecular weight is 320 g/mol. The Balaban J connectivity index is 2.23. The Bertz CT molecular complexity index is 588. The van der Waals surface area contributed by atoms with Gasteiger partial charge in [0.05, 0.1) is 24.5 Å². The van der Waals surface area contributed by atoms with Gasteiger partial charge in [-0.25, -0.2) is 0 Å². The molecule has 1 amide bonds. The number of aromatic nitrogens is 2. The van der Waals surface area contributed by atoms with Crippen LogP contribution in [-0.4, -0.2) is 34.7 Å². The van der Waals surface area contributed by atoms with Crippen LogP contribution in [0.1, 0.15) is 40.5 Å². The van der Waals surface area contributed by atoms with Crippen LogP contribution in [-0.2, 0) is 17.9 Å². The van der Waals surface area contributed by atoms with E-state index in [2.05, 4.69) is 15.6 Å². The summed E-state index contributed by atoms with van der Waals surface area (Å²) in [6.07, 6.45) is 0.434. The van der Waals surface area contributed by atoms with E-state index in [1.807, 2.05) is 34.7 Å². The summed E-state index contributed by atoms with van der Waals surface area (Å²) in [5, 5.41) is 10.9. The van der Waals surface area contributed by atoms with Gasteiger partial charge in [0.1, 0.15) is 11.5 Å². The van der Waals surface area contributed by atoms with Gasteiger partial charge in [-0.15, -0.1) is 0 Å². The molecule has 2 heterocycles. The molecule has 2 rings (SSSR count). The third-order valence-electron chi connectivity index (χ3n) is 4.00. The van der Waals surface area contributed by atoms with Gasteiger partial charge in [0.15, 0.2) is 0 Å². The van der Waals surface area contributed by atoms with Crippen molar-refractivity contribution in [3.8, 4) is 0 Å². The van der Waals surface area contributed by atoms with Gasteiger partial charge in [0.2, 0.25) is 5.91 Å². The number of aryl methyl sites for hydroxylation is 4. The lowest BCUT2D eigenvalue weighted by atomic mass is 10.1. The SMILES string of the molecule is CNCCC(=O)N(Cc1c(C)noc1C)Cc1c(C)noc1C. The van der Waals surface area contributed by atoms with Crippen molar-refractivity contribution in [3.63, 3.8) is 0 Å². The van der Waals surface area contributed by atoms with Crippen molar-refractivity contribution >= 4 is 5.91 Å². The normalized spacial score (nSPS) is 11.0. The molecular weight excluding hydrogens is 296 g/mol. The van der Waals surface area contributed by atoms with E-state index < -0.39 is 0 Å². The second-order valence-corrected chi connectivity index (χ2v) is 5.71. The molecule has 0 bridgehead atoms. The largest absolute Gasteiger partial charge is 0.361 e. The van der Waals surface area contributed by atoms with E-state index in [4.69, 9.17) is 9.05 Å². The molecule has 2 aromatic rings. The Morgan fingerprint density at radius 3 is 1.83 bits per heavy atom. The first-order valence-corrected chi connectivity index (χ1v) is 7.70. The van der Waals surface area contributed by atoms with E-state index in [9.17, 15) is 4.79 Å². The summed E-state index contributed by atoms with van der Waals surface area (Å²) >= 11 is 0. The summed E-state index contributed by atoms with van der Waals surface area (Å²) in [5.41, 5.74) is 3.53. The Kier molecular flexibility index (Phi) is 5.54. The molecule has 126 valence electrons. The van der Waals surface area contributed by atoms with Crippen molar-refractivity contribution in [2.24, 2.45) is 0 Å². The smallest absolute Gasteiger partial charge is 0.224 e. The minimum atomic E-state index is 0.0688. The van der Waals surface area contributed by atoms with Gasteiger partial charge >= 0.3 is 0 Å². The fourth-order valence-electron chi connectivity index (χ4n) is 2.46. The highest BCUT2D eigenvalue weighted by Crippen LogP contribution is 2.20. The highest BCUT2D eigenvalue weighted by molar-refractivity contribution is 5.76. The molecule has 0 aliphatic carbocycles. The molecule has 0 spiro atoms. The maximum atomic E-state index is 12.6. The second-order valence-electron chi connectivity index (χ2n) is 5.71. The molecule has 0 aliphatic rings. The first kappa shape index (κ1) is 17.2. The van der Waals surface area contributed by atoms with Crippen LogP contribution < -0.4 is 5.32 Å². The molecule has 0 unspecified atom stereocenters. The van der Waals surface area contributed by atoms with Crippen LogP contribution in [0.3, 0.4) is 0 Å². The van der Waals surface area contributed by atoms with Crippen LogP contribution in [0.15, 0.2) is 9.05 Å². The lowest BCUT2D eigenvalue weighted by Gasteiger charge is -2.22. The van der Waals surface area contributed by atoms with Gasteiger partial charge in [-0.2, -0.15) is 0 Å². The molecule has 2 aromatic heterocycles. The lowest BCUT2D eigenvalue weighted by Crippen LogP contribution is -2.32. The zero-order valence-corrected chi connectivity index (χ0v) is 14.4. The minimum Gasteiger partial charge on any atom is -0.361 e. The first-order valence-electron chi connectivity index (χ1n) is 7.70. The van der Waals surface area contributed by atoms with Crippen molar-refractivity contribution in [3.05, 3.63) is 34.0 Å². The first-order chi connectivity index (χ1) is 10.9. The number of hydrogen-bond donors (Lipinski definition) is 1. The van der Waals surface area contributed by atoms with Crippen molar-refractivity contribution in [1.29, 1.82) is 0 Å². The monoisotopic (exact) mass is 320 g/mol. The maximum Gasteiger partial charge on any atom is 0.224 e. The van der Waals surface area contributed by atoms with E-state index in [0.29, 0.717) is 26.1 Å². The zero-order valence-electron chi connectivity index (χ0n) is 14.4. The van der Waals surface area contributed by atoms with Crippen molar-refractivity contribution in [2.75, 3.05) is 13.6 Å². The summed E-state index contributed by atoms with van der Waals surface area (Å²) in [4.78, 5) is 14.4. The van der Waals surface area contributed by atoms with E-state index in [1.54, 1.807) is 4.90 Å². The van der Waals surface area contributed by atoms with E-state index >= 15 is 0 Å². The van der Waals surface area contributed by atoms with Gasteiger partial charge in [-0.3, -0.25) is 4.79 Å². The van der Waals surface area contributed by atoms with E-state index in [-0.39, 0.29) is 5.91 Å². The Morgan fingerprint density at radius 1 is 1.00 bits per heavy atom. The number of rotatable bonds is 7. The predicted molar refractivity (Wildman–Crippen MR) is 84.8 cm³/mol. The Morgan fingerprint density at radius 2 is 1.48 bits per heavy atom. The standard InChI is InChI=1S/C16H24N4O3/c1-10-14(12(3)22-18-10)8-20(16(21)6-7-17-5)9-15-11(2)19-23-13(15)4/h17H,6-9H2,1-5H3. The average Bonchev–Trinajstić information content (AvgIpc) is 3.01. The molecule has 0 aromatic carbocycles. The van der Waals surface area contributed by atoms with Crippen LogP contribution in [0, 0.1) is 27.7 Å². The van der Waals surface area contributed by atoms with E-state index in [1.165, 1.54) is 0 Å². The fraction of sp³-hybridized carbons (Fsp3) is 0.562. The summed E-state index contributed by atoms with van der Waals surface area (Å²) in [5.74, 6) is 1.56.